The van der Waals surface area contributed by atoms with Crippen molar-refractivity contribution in [2.75, 3.05) is 0 Å². The van der Waals surface area contributed by atoms with Crippen LogP contribution in [0.15, 0.2) is 30.3 Å². The van der Waals surface area contributed by atoms with Crippen molar-refractivity contribution in [3.63, 3.8) is 0 Å². The van der Waals surface area contributed by atoms with E-state index in [2.05, 4.69) is 0 Å². The second-order valence-electron chi connectivity index (χ2n) is 1.92. The zero-order valence-electron chi connectivity index (χ0n) is 7.02. The van der Waals surface area contributed by atoms with Gasteiger partial charge in [-0.05, 0) is 6.92 Å². The van der Waals surface area contributed by atoms with Crippen LogP contribution >= 0.6 is 37.2 Å². The number of halogens is 3. The van der Waals surface area contributed by atoms with Crippen LogP contribution < -0.4 is 0 Å². The number of hydrogen-bond donors (Lipinski definition) is 0. The third-order valence-corrected chi connectivity index (χ3v) is 1.18. The van der Waals surface area contributed by atoms with Gasteiger partial charge in [-0.2, -0.15) is 0 Å². The zero-order chi connectivity index (χ0) is 6.69. The van der Waals surface area contributed by atoms with Crippen LogP contribution in [0.3, 0.4) is 0 Å². The van der Waals surface area contributed by atoms with Crippen molar-refractivity contribution < 1.29 is 4.79 Å². The zero-order valence-corrected chi connectivity index (χ0v) is 12.3. The van der Waals surface area contributed by atoms with Gasteiger partial charge in [0.1, 0.15) is 0 Å². The molecule has 0 aliphatic rings. The molecule has 0 bridgehead atoms. The molecular formula is C8H13Cl3OTe. The second kappa shape index (κ2) is 12.5. The summed E-state index contributed by atoms with van der Waals surface area (Å²) >= 11 is 0. The van der Waals surface area contributed by atoms with E-state index >= 15 is 0 Å². The number of ketones is 1. The summed E-state index contributed by atoms with van der Waals surface area (Å²) in [5.41, 5.74) is 0.775. The third kappa shape index (κ3) is 8.87. The molecule has 0 aliphatic heterocycles. The number of rotatable bonds is 1. The molecule has 5 heteroatoms. The Morgan fingerprint density at radius 3 is 1.62 bits per heavy atom. The fourth-order valence-corrected chi connectivity index (χ4v) is 0.673. The molecule has 0 saturated heterocycles. The molecule has 0 unspecified atom stereocenters. The van der Waals surface area contributed by atoms with E-state index in [4.69, 9.17) is 0 Å². The van der Waals surface area contributed by atoms with E-state index in [0.717, 1.165) is 5.56 Å². The number of carbonyl (C=O) groups excluding carboxylic acids is 1. The van der Waals surface area contributed by atoms with Gasteiger partial charge in [0.25, 0.3) is 0 Å². The van der Waals surface area contributed by atoms with Crippen LogP contribution in [0, 0.1) is 0 Å². The van der Waals surface area contributed by atoms with Crippen LogP contribution in [-0.2, 0) is 0 Å². The summed E-state index contributed by atoms with van der Waals surface area (Å²) in [5.74, 6) is 0.121. The van der Waals surface area contributed by atoms with Crippen LogP contribution in [0.25, 0.3) is 0 Å². The Labute approximate surface area is 114 Å². The number of carbonyl (C=O) groups is 1. The second-order valence-corrected chi connectivity index (χ2v) is 1.92. The quantitative estimate of drug-likeness (QED) is 0.555. The molecule has 13 heavy (non-hydrogen) atoms. The Kier molecular flexibility index (Phi) is 22.6. The maximum absolute atomic E-state index is 10.6. The molecule has 0 saturated carbocycles. The van der Waals surface area contributed by atoms with Crippen molar-refractivity contribution in [3.8, 4) is 0 Å². The molecule has 0 aromatic heterocycles. The summed E-state index contributed by atoms with van der Waals surface area (Å²) in [6.07, 6.45) is 0. The van der Waals surface area contributed by atoms with E-state index in [1.807, 2.05) is 30.3 Å². The molecular weight excluding hydrogens is 346 g/mol. The normalized spacial score (nSPS) is 6.23. The molecule has 1 rings (SSSR count). The van der Waals surface area contributed by atoms with Crippen LogP contribution in [0.1, 0.15) is 17.3 Å². The standard InChI is InChI=1S/C8H8O.3ClH.H2Te/c1-7(9)8-5-3-2-4-6-8;;;;/h2-6H,1H3;3*1H;1H2. The molecule has 1 aromatic rings. The van der Waals surface area contributed by atoms with Gasteiger partial charge >= 0.3 is 23.7 Å². The molecule has 1 nitrogen and oxygen atoms in total. The Bertz CT molecular complexity index is 216. The summed E-state index contributed by atoms with van der Waals surface area (Å²) in [6.45, 7) is 1.56. The van der Waals surface area contributed by atoms with Crippen LogP contribution in [0.5, 0.6) is 0 Å². The van der Waals surface area contributed by atoms with Gasteiger partial charge in [0.15, 0.2) is 5.78 Å². The first kappa shape index (κ1) is 23.4. The summed E-state index contributed by atoms with van der Waals surface area (Å²) in [5, 5.41) is 0. The molecule has 0 radical (unpaired) electrons. The summed E-state index contributed by atoms with van der Waals surface area (Å²) in [6, 6.07) is 9.23. The minimum atomic E-state index is 0. The predicted molar refractivity (Wildman–Crippen MR) is 66.7 cm³/mol. The fourth-order valence-electron chi connectivity index (χ4n) is 0.673. The maximum atomic E-state index is 10.6. The predicted octanol–water partition coefficient (Wildman–Crippen LogP) is 2.24. The van der Waals surface area contributed by atoms with Gasteiger partial charge in [-0.25, -0.2) is 0 Å². The average molecular weight is 359 g/mol. The molecule has 78 valence electrons. The molecule has 1 aromatic carbocycles. The van der Waals surface area contributed by atoms with E-state index < -0.39 is 0 Å². The van der Waals surface area contributed by atoms with Crippen LogP contribution in [0.2, 0.25) is 0 Å². The summed E-state index contributed by atoms with van der Waals surface area (Å²) in [4.78, 5) is 10.6. The van der Waals surface area contributed by atoms with Crippen molar-refractivity contribution in [1.82, 2.24) is 0 Å². The van der Waals surface area contributed by atoms with Gasteiger partial charge in [-0.15, -0.1) is 37.2 Å². The molecule has 0 atom stereocenters. The van der Waals surface area contributed by atoms with Crippen molar-refractivity contribution in [1.29, 1.82) is 0 Å². The Hall–Kier alpha value is 0.550. The molecule has 0 amide bonds. The van der Waals surface area contributed by atoms with E-state index in [0.29, 0.717) is 0 Å². The van der Waals surface area contributed by atoms with Gasteiger partial charge < -0.3 is 0 Å². The number of Topliss-reactive ketones (excluding diaryl/α,β-unsaturated/α-hetero) is 1. The molecule has 0 heterocycles. The monoisotopic (exact) mass is 360 g/mol. The third-order valence-electron chi connectivity index (χ3n) is 1.18. The molecule has 0 N–H and O–H groups in total. The van der Waals surface area contributed by atoms with Gasteiger partial charge in [0.05, 0.1) is 0 Å². The van der Waals surface area contributed by atoms with Gasteiger partial charge in [-0.1, -0.05) is 30.3 Å². The van der Waals surface area contributed by atoms with Crippen molar-refractivity contribution in [3.05, 3.63) is 35.9 Å². The van der Waals surface area contributed by atoms with Crippen molar-refractivity contribution in [2.45, 2.75) is 6.92 Å². The Morgan fingerprint density at radius 1 is 1.00 bits per heavy atom. The molecule has 0 fully saturated rings. The van der Waals surface area contributed by atoms with Crippen LogP contribution in [0.4, 0.5) is 0 Å². The SMILES string of the molecule is CC(=O)c1ccccc1.Cl.Cl.Cl.[TeH2]. The number of hydrogen-bond acceptors (Lipinski definition) is 1. The Balaban J connectivity index is -0.000000101. The van der Waals surface area contributed by atoms with Gasteiger partial charge in [0.2, 0.25) is 0 Å². The van der Waals surface area contributed by atoms with E-state index in [1.165, 1.54) is 0 Å². The minimum absolute atomic E-state index is 0. The first-order valence-electron chi connectivity index (χ1n) is 2.86. The van der Waals surface area contributed by atoms with E-state index in [1.54, 1.807) is 6.92 Å². The summed E-state index contributed by atoms with van der Waals surface area (Å²) < 4.78 is 0. The first-order valence-corrected chi connectivity index (χ1v) is 2.86. The van der Waals surface area contributed by atoms with Gasteiger partial charge in [-0.3, -0.25) is 4.79 Å². The van der Waals surface area contributed by atoms with Crippen molar-refractivity contribution >= 4 is 66.7 Å². The Morgan fingerprint density at radius 2 is 1.38 bits per heavy atom. The van der Waals surface area contributed by atoms with E-state index in [-0.39, 0.29) is 66.7 Å². The first-order chi connectivity index (χ1) is 4.30. The average Bonchev–Trinajstić information content (AvgIpc) is 1.90. The number of benzene rings is 1. The van der Waals surface area contributed by atoms with Crippen LogP contribution in [-0.4, -0.2) is 29.4 Å². The summed E-state index contributed by atoms with van der Waals surface area (Å²) in [7, 11) is 0. The van der Waals surface area contributed by atoms with E-state index in [9.17, 15) is 4.79 Å². The topological polar surface area (TPSA) is 17.1 Å². The molecule has 0 aliphatic carbocycles. The fraction of sp³-hybridized carbons (Fsp3) is 0.125. The molecule has 0 spiro atoms. The van der Waals surface area contributed by atoms with Gasteiger partial charge in [0, 0.05) is 5.56 Å². The van der Waals surface area contributed by atoms with Crippen molar-refractivity contribution in [2.24, 2.45) is 0 Å².